The van der Waals surface area contributed by atoms with Crippen molar-refractivity contribution in [2.24, 2.45) is 0 Å². The second kappa shape index (κ2) is 8.45. The lowest BCUT2D eigenvalue weighted by molar-refractivity contribution is -0.129. The van der Waals surface area contributed by atoms with E-state index >= 15 is 0 Å². The molecule has 2 fully saturated rings. The van der Waals surface area contributed by atoms with Gasteiger partial charge in [0.15, 0.2) is 11.5 Å². The molecule has 144 valence electrons. The molecule has 1 aromatic rings. The van der Waals surface area contributed by atoms with Crippen molar-refractivity contribution in [1.29, 1.82) is 0 Å². The number of carbonyl (C=O) groups is 3. The zero-order chi connectivity index (χ0) is 19.4. The number of methoxy groups -OCH3 is 1. The van der Waals surface area contributed by atoms with Crippen LogP contribution in [-0.2, 0) is 14.3 Å². The van der Waals surface area contributed by atoms with Gasteiger partial charge in [-0.15, -0.1) is 0 Å². The number of benzene rings is 1. The van der Waals surface area contributed by atoms with Crippen molar-refractivity contribution in [3.63, 3.8) is 0 Å². The van der Waals surface area contributed by atoms with Crippen LogP contribution in [0.2, 0.25) is 0 Å². The monoisotopic (exact) mass is 392 g/mol. The molecule has 0 bridgehead atoms. The predicted molar refractivity (Wildman–Crippen MR) is 99.3 cm³/mol. The summed E-state index contributed by atoms with van der Waals surface area (Å²) in [5.74, 6) is -0.703. The Morgan fingerprint density at radius 1 is 1.48 bits per heavy atom. The molecule has 27 heavy (non-hydrogen) atoms. The van der Waals surface area contributed by atoms with Gasteiger partial charge in [-0.3, -0.25) is 19.3 Å². The highest BCUT2D eigenvalue weighted by molar-refractivity contribution is 8.18. The van der Waals surface area contributed by atoms with Crippen LogP contribution in [0, 0.1) is 0 Å². The van der Waals surface area contributed by atoms with Gasteiger partial charge in [-0.1, -0.05) is 6.07 Å². The number of aromatic hydroxyl groups is 1. The molecule has 0 saturated carbocycles. The van der Waals surface area contributed by atoms with Crippen molar-refractivity contribution in [2.45, 2.75) is 18.9 Å². The maximum Gasteiger partial charge on any atom is 0.294 e. The zero-order valence-electron chi connectivity index (χ0n) is 14.8. The quantitative estimate of drug-likeness (QED) is 0.710. The van der Waals surface area contributed by atoms with Gasteiger partial charge in [0, 0.05) is 13.2 Å². The molecular weight excluding hydrogens is 372 g/mol. The van der Waals surface area contributed by atoms with Gasteiger partial charge in [-0.2, -0.15) is 0 Å². The van der Waals surface area contributed by atoms with Crippen molar-refractivity contribution in [1.82, 2.24) is 10.2 Å². The molecule has 2 saturated heterocycles. The third-order valence-electron chi connectivity index (χ3n) is 4.23. The van der Waals surface area contributed by atoms with E-state index in [1.54, 1.807) is 12.1 Å². The molecular formula is C18H20N2O6S. The Hall–Kier alpha value is -2.52. The smallest absolute Gasteiger partial charge is 0.294 e. The fourth-order valence-corrected chi connectivity index (χ4v) is 3.66. The molecule has 0 aromatic heterocycles. The number of hydrogen-bond donors (Lipinski definition) is 2. The van der Waals surface area contributed by atoms with Gasteiger partial charge in [-0.05, 0) is 48.4 Å². The summed E-state index contributed by atoms with van der Waals surface area (Å²) >= 11 is 0.759. The summed E-state index contributed by atoms with van der Waals surface area (Å²) in [6.07, 6.45) is 3.34. The lowest BCUT2D eigenvalue weighted by atomic mass is 10.2. The highest BCUT2D eigenvalue weighted by Gasteiger charge is 2.36. The Bertz CT molecular complexity index is 788. The van der Waals surface area contributed by atoms with Crippen LogP contribution in [0.25, 0.3) is 6.08 Å². The number of phenolic OH excluding ortho intramolecular Hbond substituents is 1. The summed E-state index contributed by atoms with van der Waals surface area (Å²) in [5.41, 5.74) is 0.543. The largest absolute Gasteiger partial charge is 0.504 e. The topological polar surface area (TPSA) is 105 Å². The molecule has 3 amide bonds. The lowest BCUT2D eigenvalue weighted by Crippen LogP contribution is -2.41. The van der Waals surface area contributed by atoms with Crippen LogP contribution in [-0.4, -0.2) is 60.0 Å². The second-order valence-electron chi connectivity index (χ2n) is 6.14. The third-order valence-corrected chi connectivity index (χ3v) is 5.13. The van der Waals surface area contributed by atoms with E-state index < -0.39 is 17.1 Å². The standard InChI is InChI=1S/C18H20N2O6S/c1-25-14-5-4-11(7-13(14)21)8-15-17(23)20(18(24)27-15)10-16(22)19-9-12-3-2-6-26-12/h4-5,7-8,12,21H,2-3,6,9-10H2,1H3,(H,19,22)/b15-8-/t12-/m1/s1. The maximum atomic E-state index is 12.4. The van der Waals surface area contributed by atoms with Crippen molar-refractivity contribution in [3.05, 3.63) is 28.7 Å². The molecule has 0 unspecified atom stereocenters. The number of ether oxygens (including phenoxy) is 2. The molecule has 2 aliphatic heterocycles. The highest BCUT2D eigenvalue weighted by Crippen LogP contribution is 2.33. The molecule has 2 N–H and O–H groups in total. The van der Waals surface area contributed by atoms with Gasteiger partial charge >= 0.3 is 0 Å². The molecule has 2 aliphatic rings. The zero-order valence-corrected chi connectivity index (χ0v) is 15.6. The van der Waals surface area contributed by atoms with E-state index in [2.05, 4.69) is 5.32 Å². The lowest BCUT2D eigenvalue weighted by Gasteiger charge is -2.14. The fourth-order valence-electron chi connectivity index (χ4n) is 2.82. The summed E-state index contributed by atoms with van der Waals surface area (Å²) < 4.78 is 10.4. The van der Waals surface area contributed by atoms with Gasteiger partial charge in [-0.25, -0.2) is 0 Å². The molecule has 3 rings (SSSR count). The first-order valence-corrected chi connectivity index (χ1v) is 9.30. The van der Waals surface area contributed by atoms with E-state index in [-0.39, 0.29) is 23.3 Å². The molecule has 1 aromatic carbocycles. The number of amides is 3. The van der Waals surface area contributed by atoms with Crippen LogP contribution in [0.5, 0.6) is 11.5 Å². The third kappa shape index (κ3) is 4.61. The summed E-state index contributed by atoms with van der Waals surface area (Å²) in [5, 5.41) is 12.0. The minimum Gasteiger partial charge on any atom is -0.504 e. The van der Waals surface area contributed by atoms with Crippen molar-refractivity contribution in [2.75, 3.05) is 26.8 Å². The van der Waals surface area contributed by atoms with Crippen LogP contribution >= 0.6 is 11.8 Å². The molecule has 9 heteroatoms. The van der Waals surface area contributed by atoms with E-state index in [1.165, 1.54) is 19.3 Å². The van der Waals surface area contributed by atoms with Crippen molar-refractivity contribution < 1.29 is 29.0 Å². The number of phenols is 1. The Morgan fingerprint density at radius 2 is 2.30 bits per heavy atom. The van der Waals surface area contributed by atoms with E-state index in [1.807, 2.05) is 0 Å². The normalized spacial score (nSPS) is 21.1. The van der Waals surface area contributed by atoms with Crippen molar-refractivity contribution in [3.8, 4) is 11.5 Å². The average Bonchev–Trinajstić information content (AvgIpc) is 3.24. The van der Waals surface area contributed by atoms with Crippen molar-refractivity contribution >= 4 is 34.9 Å². The number of nitrogens with zero attached hydrogens (tertiary/aromatic N) is 1. The van der Waals surface area contributed by atoms with Crippen LogP contribution in [0.15, 0.2) is 23.1 Å². The number of carbonyl (C=O) groups excluding carboxylic acids is 3. The van der Waals surface area contributed by atoms with Gasteiger partial charge in [0.05, 0.1) is 18.1 Å². The van der Waals surface area contributed by atoms with Gasteiger partial charge in [0.2, 0.25) is 5.91 Å². The number of rotatable bonds is 6. The summed E-state index contributed by atoms with van der Waals surface area (Å²) in [4.78, 5) is 37.7. The Labute approximate surface area is 160 Å². The minimum atomic E-state index is -0.535. The molecule has 8 nitrogen and oxygen atoms in total. The van der Waals surface area contributed by atoms with Crippen LogP contribution in [0.3, 0.4) is 0 Å². The maximum absolute atomic E-state index is 12.4. The predicted octanol–water partition coefficient (Wildman–Crippen LogP) is 1.73. The van der Waals surface area contributed by atoms with E-state index in [9.17, 15) is 19.5 Å². The van der Waals surface area contributed by atoms with Gasteiger partial charge in [0.1, 0.15) is 6.54 Å². The first kappa shape index (κ1) is 19.2. The molecule has 2 heterocycles. The molecule has 0 radical (unpaired) electrons. The summed E-state index contributed by atoms with van der Waals surface area (Å²) in [6.45, 7) is 0.730. The molecule has 0 aliphatic carbocycles. The average molecular weight is 392 g/mol. The first-order chi connectivity index (χ1) is 13.0. The number of nitrogens with one attached hydrogen (secondary N) is 1. The van der Waals surface area contributed by atoms with Gasteiger partial charge < -0.3 is 19.9 Å². The van der Waals surface area contributed by atoms with E-state index in [0.717, 1.165) is 29.5 Å². The van der Waals surface area contributed by atoms with E-state index in [4.69, 9.17) is 9.47 Å². The molecule has 0 spiro atoms. The van der Waals surface area contributed by atoms with Crippen LogP contribution in [0.1, 0.15) is 18.4 Å². The van der Waals surface area contributed by atoms with Crippen LogP contribution < -0.4 is 10.1 Å². The number of hydrogen-bond acceptors (Lipinski definition) is 7. The fraction of sp³-hybridized carbons (Fsp3) is 0.389. The Morgan fingerprint density at radius 3 is 2.96 bits per heavy atom. The summed E-state index contributed by atoms with van der Waals surface area (Å²) in [6, 6.07) is 4.64. The van der Waals surface area contributed by atoms with E-state index in [0.29, 0.717) is 24.5 Å². The number of imide groups is 1. The molecule has 1 atom stereocenters. The Kier molecular flexibility index (Phi) is 6.02. The Balaban J connectivity index is 1.62. The van der Waals surface area contributed by atoms with Crippen LogP contribution in [0.4, 0.5) is 4.79 Å². The highest BCUT2D eigenvalue weighted by atomic mass is 32.2. The minimum absolute atomic E-state index is 0.00786. The van der Waals surface area contributed by atoms with Gasteiger partial charge in [0.25, 0.3) is 11.1 Å². The second-order valence-corrected chi connectivity index (χ2v) is 7.13. The number of thioether (sulfide) groups is 1. The first-order valence-electron chi connectivity index (χ1n) is 8.48. The SMILES string of the molecule is COc1ccc(/C=C2\SC(=O)N(CC(=O)NC[C@H]3CCCO3)C2=O)cc1O. The summed E-state index contributed by atoms with van der Waals surface area (Å²) in [7, 11) is 1.43.